The fraction of sp³-hybridized carbons (Fsp3) is 0.333. The van der Waals surface area contributed by atoms with Gasteiger partial charge in [0.25, 0.3) is 0 Å². The molecule has 0 aromatic heterocycles. The topological polar surface area (TPSA) is 66.8 Å². The Balaban J connectivity index is 2.25. The fourth-order valence-corrected chi connectivity index (χ4v) is 4.19. The van der Waals surface area contributed by atoms with E-state index in [1.807, 2.05) is 68.6 Å². The van der Waals surface area contributed by atoms with Crippen LogP contribution in [0.4, 0.5) is 4.79 Å². The van der Waals surface area contributed by atoms with E-state index in [-0.39, 0.29) is 0 Å². The normalized spacial score (nSPS) is 14.2. The molecule has 3 rings (SSSR count). The molecule has 1 amide bonds. The van der Waals surface area contributed by atoms with Crippen molar-refractivity contribution in [3.63, 3.8) is 0 Å². The first-order chi connectivity index (χ1) is 12.8. The molecular formula is C21H23NO4S. The van der Waals surface area contributed by atoms with Crippen LogP contribution in [-0.4, -0.2) is 46.2 Å². The van der Waals surface area contributed by atoms with E-state index in [1.165, 1.54) is 23.8 Å². The molecule has 0 spiro atoms. The first kappa shape index (κ1) is 19.3. The zero-order valence-corrected chi connectivity index (χ0v) is 16.6. The maximum absolute atomic E-state index is 12.9. The molecule has 1 atom stereocenters. The summed E-state index contributed by atoms with van der Waals surface area (Å²) >= 11 is 1.41. The number of hydrogen-bond acceptors (Lipinski definition) is 4. The number of nitrogens with zero attached hydrogens (tertiary/aromatic N) is 1. The van der Waals surface area contributed by atoms with E-state index in [2.05, 4.69) is 0 Å². The smallest absolute Gasteiger partial charge is 0.411 e. The number of aliphatic carboxylic acids is 1. The summed E-state index contributed by atoms with van der Waals surface area (Å²) in [5, 5.41) is 10.0. The lowest BCUT2D eigenvalue weighted by Gasteiger charge is -2.41. The summed E-state index contributed by atoms with van der Waals surface area (Å²) in [5.74, 6) is -1.05. The van der Waals surface area contributed by atoms with E-state index in [9.17, 15) is 14.7 Å². The van der Waals surface area contributed by atoms with Gasteiger partial charge in [0.15, 0.2) is 0 Å². The van der Waals surface area contributed by atoms with Crippen LogP contribution in [0.1, 0.15) is 31.0 Å². The standard InChI is InChI=1S/C21H23NO4S/c1-21(2,27-4)18(19(23)24)22(20(25)26-3)17-15-11-7-5-9-13(15)14-10-6-8-12-16(14)17/h5-12,17-18H,1-4H3,(H,23,24)/t18-/m1/s1. The van der Waals surface area contributed by atoms with Gasteiger partial charge < -0.3 is 9.84 Å². The molecule has 6 heteroatoms. The second-order valence-corrected chi connectivity index (χ2v) is 8.46. The van der Waals surface area contributed by atoms with Crippen LogP contribution in [0, 0.1) is 0 Å². The van der Waals surface area contributed by atoms with Gasteiger partial charge in [-0.15, -0.1) is 0 Å². The van der Waals surface area contributed by atoms with Crippen molar-refractivity contribution in [3.8, 4) is 11.1 Å². The monoisotopic (exact) mass is 385 g/mol. The maximum atomic E-state index is 12.9. The molecule has 0 radical (unpaired) electrons. The van der Waals surface area contributed by atoms with Crippen molar-refractivity contribution in [3.05, 3.63) is 59.7 Å². The Morgan fingerprint density at radius 1 is 1.07 bits per heavy atom. The predicted octanol–water partition coefficient (Wildman–Crippen LogP) is 4.42. The van der Waals surface area contributed by atoms with Gasteiger partial charge >= 0.3 is 12.1 Å². The molecule has 0 saturated heterocycles. The summed E-state index contributed by atoms with van der Waals surface area (Å²) in [7, 11) is 1.28. The van der Waals surface area contributed by atoms with Gasteiger partial charge in [-0.1, -0.05) is 48.5 Å². The molecule has 1 N–H and O–H groups in total. The molecule has 0 heterocycles. The van der Waals surface area contributed by atoms with Gasteiger partial charge in [-0.2, -0.15) is 11.8 Å². The van der Waals surface area contributed by atoms with Gasteiger partial charge in [0, 0.05) is 4.75 Å². The minimum absolute atomic E-state index is 0.516. The van der Waals surface area contributed by atoms with Gasteiger partial charge in [0.2, 0.25) is 0 Å². The highest BCUT2D eigenvalue weighted by Gasteiger charge is 2.48. The molecule has 1 aliphatic carbocycles. The maximum Gasteiger partial charge on any atom is 0.411 e. The van der Waals surface area contributed by atoms with Crippen molar-refractivity contribution in [2.45, 2.75) is 30.7 Å². The van der Waals surface area contributed by atoms with Gasteiger partial charge in [0.05, 0.1) is 13.2 Å². The predicted molar refractivity (Wildman–Crippen MR) is 107 cm³/mol. The minimum Gasteiger partial charge on any atom is -0.480 e. The number of thioether (sulfide) groups is 1. The van der Waals surface area contributed by atoms with Crippen molar-refractivity contribution in [2.75, 3.05) is 13.4 Å². The molecule has 142 valence electrons. The van der Waals surface area contributed by atoms with E-state index in [4.69, 9.17) is 4.74 Å². The SMILES string of the molecule is COC(=O)N(C1c2ccccc2-c2ccccc21)[C@H](C(=O)O)C(C)(C)SC. The number of ether oxygens (including phenoxy) is 1. The number of methoxy groups -OCH3 is 1. The van der Waals surface area contributed by atoms with E-state index >= 15 is 0 Å². The Labute approximate surface area is 163 Å². The average Bonchev–Trinajstić information content (AvgIpc) is 2.99. The zero-order valence-electron chi connectivity index (χ0n) is 15.8. The van der Waals surface area contributed by atoms with Crippen LogP contribution in [0.25, 0.3) is 11.1 Å². The first-order valence-electron chi connectivity index (χ1n) is 8.66. The summed E-state index contributed by atoms with van der Waals surface area (Å²) < 4.78 is 4.32. The molecule has 0 bridgehead atoms. The van der Waals surface area contributed by atoms with Gasteiger partial charge in [0.1, 0.15) is 6.04 Å². The van der Waals surface area contributed by atoms with Crippen molar-refractivity contribution in [1.29, 1.82) is 0 Å². The molecule has 2 aromatic rings. The number of amides is 1. The molecule has 2 aromatic carbocycles. The molecular weight excluding hydrogens is 362 g/mol. The number of rotatable bonds is 5. The lowest BCUT2D eigenvalue weighted by molar-refractivity contribution is -0.144. The summed E-state index contributed by atoms with van der Waals surface area (Å²) in [6.45, 7) is 3.66. The third-order valence-corrected chi connectivity index (χ3v) is 6.44. The largest absolute Gasteiger partial charge is 0.480 e. The highest BCUT2D eigenvalue weighted by Crippen LogP contribution is 2.48. The molecule has 0 fully saturated rings. The van der Waals surface area contributed by atoms with E-state index in [0.717, 1.165) is 22.3 Å². The number of carboxylic acids is 1. The molecule has 27 heavy (non-hydrogen) atoms. The van der Waals surface area contributed by atoms with Crippen molar-refractivity contribution in [2.24, 2.45) is 0 Å². The third kappa shape index (κ3) is 3.18. The van der Waals surface area contributed by atoms with Gasteiger partial charge in [-0.3, -0.25) is 4.90 Å². The molecule has 1 aliphatic rings. The summed E-state index contributed by atoms with van der Waals surface area (Å²) in [6, 6.07) is 14.0. The Bertz CT molecular complexity index is 834. The summed E-state index contributed by atoms with van der Waals surface area (Å²) in [4.78, 5) is 26.5. The van der Waals surface area contributed by atoms with Crippen LogP contribution < -0.4 is 0 Å². The second-order valence-electron chi connectivity index (χ2n) is 7.00. The van der Waals surface area contributed by atoms with E-state index in [1.54, 1.807) is 0 Å². The van der Waals surface area contributed by atoms with Crippen molar-refractivity contribution < 1.29 is 19.4 Å². The van der Waals surface area contributed by atoms with Crippen LogP contribution in [-0.2, 0) is 9.53 Å². The van der Waals surface area contributed by atoms with Crippen LogP contribution in [0.3, 0.4) is 0 Å². The highest BCUT2D eigenvalue weighted by atomic mass is 32.2. The quantitative estimate of drug-likeness (QED) is 0.825. The average molecular weight is 385 g/mol. The number of benzene rings is 2. The number of carboxylic acid groups (broad SMARTS) is 1. The number of fused-ring (bicyclic) bond motifs is 3. The summed E-state index contributed by atoms with van der Waals surface area (Å²) in [5.41, 5.74) is 3.84. The Kier molecular flexibility index (Phi) is 5.20. The van der Waals surface area contributed by atoms with Crippen molar-refractivity contribution in [1.82, 2.24) is 4.90 Å². The highest BCUT2D eigenvalue weighted by molar-refractivity contribution is 8.00. The molecule has 0 unspecified atom stereocenters. The van der Waals surface area contributed by atoms with Gasteiger partial charge in [-0.05, 0) is 42.4 Å². The van der Waals surface area contributed by atoms with Crippen LogP contribution in [0.15, 0.2) is 48.5 Å². The Hall–Kier alpha value is -2.47. The van der Waals surface area contributed by atoms with Crippen LogP contribution >= 0.6 is 11.8 Å². The minimum atomic E-state index is -1.07. The number of hydrogen-bond donors (Lipinski definition) is 1. The molecule has 0 aliphatic heterocycles. The lowest BCUT2D eigenvalue weighted by atomic mass is 9.96. The number of carbonyl (C=O) groups excluding carboxylic acids is 1. The van der Waals surface area contributed by atoms with Crippen LogP contribution in [0.2, 0.25) is 0 Å². The second kappa shape index (κ2) is 7.27. The Morgan fingerprint density at radius 2 is 1.56 bits per heavy atom. The van der Waals surface area contributed by atoms with Gasteiger partial charge in [-0.25, -0.2) is 9.59 Å². The zero-order chi connectivity index (χ0) is 19.8. The van der Waals surface area contributed by atoms with E-state index < -0.39 is 28.9 Å². The van der Waals surface area contributed by atoms with Crippen LogP contribution in [0.5, 0.6) is 0 Å². The van der Waals surface area contributed by atoms with E-state index in [0.29, 0.717) is 0 Å². The number of carbonyl (C=O) groups is 2. The summed E-state index contributed by atoms with van der Waals surface area (Å²) in [6.07, 6.45) is 1.20. The molecule has 0 saturated carbocycles. The fourth-order valence-electron chi connectivity index (χ4n) is 3.76. The first-order valence-corrected chi connectivity index (χ1v) is 9.88. The Morgan fingerprint density at radius 3 is 1.96 bits per heavy atom. The molecule has 5 nitrogen and oxygen atoms in total. The third-order valence-electron chi connectivity index (χ3n) is 5.16. The lowest BCUT2D eigenvalue weighted by Crippen LogP contribution is -2.56. The van der Waals surface area contributed by atoms with Crippen molar-refractivity contribution >= 4 is 23.8 Å².